The summed E-state index contributed by atoms with van der Waals surface area (Å²) in [5.74, 6) is 0.984. The summed E-state index contributed by atoms with van der Waals surface area (Å²) in [7, 11) is 3.37. The van der Waals surface area contributed by atoms with E-state index in [9.17, 15) is 9.59 Å². The Labute approximate surface area is 147 Å². The molecular formula is C17H27N5O3. The quantitative estimate of drug-likeness (QED) is 0.780. The third-order valence-electron chi connectivity index (χ3n) is 4.91. The van der Waals surface area contributed by atoms with Crippen LogP contribution >= 0.6 is 0 Å². The van der Waals surface area contributed by atoms with Gasteiger partial charge in [0, 0.05) is 45.7 Å². The van der Waals surface area contributed by atoms with E-state index in [1.54, 1.807) is 26.6 Å². The van der Waals surface area contributed by atoms with Crippen LogP contribution in [0.15, 0.2) is 17.2 Å². The average Bonchev–Trinajstić information content (AvgIpc) is 3.42. The van der Waals surface area contributed by atoms with Crippen molar-refractivity contribution in [3.05, 3.63) is 22.7 Å². The molecule has 1 aromatic rings. The molecule has 1 aliphatic heterocycles. The number of rotatable bonds is 6. The first-order valence-electron chi connectivity index (χ1n) is 8.91. The van der Waals surface area contributed by atoms with Gasteiger partial charge in [-0.25, -0.2) is 9.78 Å². The maximum Gasteiger partial charge on any atom is 0.315 e. The summed E-state index contributed by atoms with van der Waals surface area (Å²) in [5, 5.41) is 6.07. The van der Waals surface area contributed by atoms with Gasteiger partial charge < -0.3 is 24.8 Å². The Morgan fingerprint density at radius 2 is 2.24 bits per heavy atom. The smallest absolute Gasteiger partial charge is 0.315 e. The van der Waals surface area contributed by atoms with E-state index in [0.717, 1.165) is 32.2 Å². The van der Waals surface area contributed by atoms with Gasteiger partial charge in [0.2, 0.25) is 0 Å². The normalized spacial score (nSPS) is 21.7. The maximum atomic E-state index is 12.3. The summed E-state index contributed by atoms with van der Waals surface area (Å²) in [6.07, 6.45) is 7.38. The first-order chi connectivity index (χ1) is 12.1. The molecule has 0 aromatic carbocycles. The lowest BCUT2D eigenvalue weighted by molar-refractivity contribution is 0.156. The number of anilines is 1. The number of nitrogens with zero attached hydrogens (tertiary/aromatic N) is 3. The van der Waals surface area contributed by atoms with Crippen LogP contribution in [-0.4, -0.2) is 54.5 Å². The molecule has 2 amide bonds. The summed E-state index contributed by atoms with van der Waals surface area (Å²) in [4.78, 5) is 30.7. The van der Waals surface area contributed by atoms with E-state index in [1.807, 2.05) is 4.90 Å². The van der Waals surface area contributed by atoms with Crippen LogP contribution < -0.4 is 21.1 Å². The molecule has 1 aromatic heterocycles. The van der Waals surface area contributed by atoms with Gasteiger partial charge in [0.15, 0.2) is 5.82 Å². The van der Waals surface area contributed by atoms with Gasteiger partial charge in [-0.05, 0) is 31.6 Å². The molecule has 0 spiro atoms. The van der Waals surface area contributed by atoms with Gasteiger partial charge in [-0.15, -0.1) is 0 Å². The number of aromatic nitrogens is 2. The fourth-order valence-corrected chi connectivity index (χ4v) is 3.36. The number of hydrogen-bond acceptors (Lipinski definition) is 5. The largest absolute Gasteiger partial charge is 0.383 e. The number of carbonyl (C=O) groups is 1. The number of nitrogens with one attached hydrogen (secondary N) is 2. The van der Waals surface area contributed by atoms with Crippen LogP contribution in [0, 0.1) is 5.92 Å². The molecule has 1 aliphatic carbocycles. The van der Waals surface area contributed by atoms with E-state index in [2.05, 4.69) is 15.6 Å². The molecule has 2 heterocycles. The second kappa shape index (κ2) is 7.86. The van der Waals surface area contributed by atoms with Crippen LogP contribution in [0.5, 0.6) is 0 Å². The monoisotopic (exact) mass is 349 g/mol. The maximum absolute atomic E-state index is 12.3. The van der Waals surface area contributed by atoms with E-state index < -0.39 is 0 Å². The van der Waals surface area contributed by atoms with Crippen LogP contribution in [0.4, 0.5) is 10.6 Å². The van der Waals surface area contributed by atoms with Gasteiger partial charge in [0.05, 0.1) is 12.6 Å². The van der Waals surface area contributed by atoms with Crippen molar-refractivity contribution in [2.24, 2.45) is 13.0 Å². The fraction of sp³-hybridized carbons (Fsp3) is 0.706. The molecule has 8 nitrogen and oxygen atoms in total. The predicted molar refractivity (Wildman–Crippen MR) is 94.8 cm³/mol. The number of urea groups is 1. The molecule has 0 bridgehead atoms. The summed E-state index contributed by atoms with van der Waals surface area (Å²) in [5.41, 5.74) is -0.110. The van der Waals surface area contributed by atoms with Gasteiger partial charge in [-0.2, -0.15) is 0 Å². The molecule has 0 radical (unpaired) electrons. The van der Waals surface area contributed by atoms with E-state index in [-0.39, 0.29) is 23.7 Å². The highest BCUT2D eigenvalue weighted by Crippen LogP contribution is 2.32. The molecule has 1 saturated carbocycles. The molecule has 0 unspecified atom stereocenters. The lowest BCUT2D eigenvalue weighted by Gasteiger charge is -2.33. The van der Waals surface area contributed by atoms with E-state index in [4.69, 9.17) is 4.74 Å². The Morgan fingerprint density at radius 3 is 2.96 bits per heavy atom. The Balaban J connectivity index is 1.57. The predicted octanol–water partition coefficient (Wildman–Crippen LogP) is 0.473. The van der Waals surface area contributed by atoms with Gasteiger partial charge in [0.1, 0.15) is 0 Å². The van der Waals surface area contributed by atoms with Gasteiger partial charge in [0.25, 0.3) is 5.56 Å². The minimum absolute atomic E-state index is 0.00265. The molecule has 2 atom stereocenters. The number of amides is 2. The standard InChI is InChI=1S/C17H27N5O3/c1-21-9-7-18-15(16(21)23)22-8-3-4-13(10-22)19-17(24)20-14(11-25-2)12-5-6-12/h7,9,12-14H,3-6,8,10-11H2,1-2H3,(H2,19,20,24)/t13-,14-/m1/s1. The van der Waals surface area contributed by atoms with Crippen molar-refractivity contribution in [1.29, 1.82) is 0 Å². The van der Waals surface area contributed by atoms with Crippen molar-refractivity contribution < 1.29 is 9.53 Å². The molecule has 1 saturated heterocycles. The zero-order valence-corrected chi connectivity index (χ0v) is 14.9. The van der Waals surface area contributed by atoms with Crippen molar-refractivity contribution >= 4 is 11.8 Å². The molecule has 2 aliphatic rings. The molecule has 3 rings (SSSR count). The van der Waals surface area contributed by atoms with Crippen LogP contribution in [0.1, 0.15) is 25.7 Å². The van der Waals surface area contributed by atoms with Crippen molar-refractivity contribution in [1.82, 2.24) is 20.2 Å². The van der Waals surface area contributed by atoms with E-state index >= 15 is 0 Å². The topological polar surface area (TPSA) is 88.5 Å². The lowest BCUT2D eigenvalue weighted by atomic mass is 10.1. The second-order valence-electron chi connectivity index (χ2n) is 6.97. The van der Waals surface area contributed by atoms with Crippen molar-refractivity contribution in [3.8, 4) is 0 Å². The van der Waals surface area contributed by atoms with E-state index in [0.29, 0.717) is 24.9 Å². The SMILES string of the molecule is COC[C@@H](NC(=O)N[C@@H]1CCCN(c2nccn(C)c2=O)C1)C1CC1. The molecule has 8 heteroatoms. The van der Waals surface area contributed by atoms with Crippen LogP contribution in [0.2, 0.25) is 0 Å². The van der Waals surface area contributed by atoms with Crippen LogP contribution in [0.25, 0.3) is 0 Å². The number of ether oxygens (including phenoxy) is 1. The minimum Gasteiger partial charge on any atom is -0.383 e. The summed E-state index contributed by atoms with van der Waals surface area (Å²) < 4.78 is 6.72. The zero-order valence-electron chi connectivity index (χ0n) is 14.9. The molecular weight excluding hydrogens is 322 g/mol. The van der Waals surface area contributed by atoms with Gasteiger partial charge in [-0.3, -0.25) is 4.79 Å². The highest BCUT2D eigenvalue weighted by Gasteiger charge is 2.33. The Hall–Kier alpha value is -2.09. The first kappa shape index (κ1) is 17.7. The fourth-order valence-electron chi connectivity index (χ4n) is 3.36. The van der Waals surface area contributed by atoms with E-state index in [1.165, 1.54) is 4.57 Å². The minimum atomic E-state index is -0.158. The molecule has 138 valence electrons. The van der Waals surface area contributed by atoms with Crippen molar-refractivity contribution in [2.75, 3.05) is 31.7 Å². The molecule has 2 fully saturated rings. The number of methoxy groups -OCH3 is 1. The van der Waals surface area contributed by atoms with Crippen LogP contribution in [0.3, 0.4) is 0 Å². The summed E-state index contributed by atoms with van der Waals surface area (Å²) in [6.45, 7) is 1.91. The Kier molecular flexibility index (Phi) is 5.57. The number of aryl methyl sites for hydroxylation is 1. The summed E-state index contributed by atoms with van der Waals surface area (Å²) >= 11 is 0. The van der Waals surface area contributed by atoms with Crippen molar-refractivity contribution in [3.63, 3.8) is 0 Å². The number of hydrogen-bond donors (Lipinski definition) is 2. The average molecular weight is 349 g/mol. The number of carbonyl (C=O) groups excluding carboxylic acids is 1. The lowest BCUT2D eigenvalue weighted by Crippen LogP contribution is -2.54. The first-order valence-corrected chi connectivity index (χ1v) is 8.91. The number of piperidine rings is 1. The van der Waals surface area contributed by atoms with Crippen LogP contribution in [-0.2, 0) is 11.8 Å². The van der Waals surface area contributed by atoms with Gasteiger partial charge >= 0.3 is 6.03 Å². The third-order valence-corrected chi connectivity index (χ3v) is 4.91. The van der Waals surface area contributed by atoms with Crippen molar-refractivity contribution in [2.45, 2.75) is 37.8 Å². The third kappa shape index (κ3) is 4.50. The highest BCUT2D eigenvalue weighted by atomic mass is 16.5. The highest BCUT2D eigenvalue weighted by molar-refractivity contribution is 5.74. The Bertz CT molecular complexity index is 658. The molecule has 25 heavy (non-hydrogen) atoms. The second-order valence-corrected chi connectivity index (χ2v) is 6.97. The Morgan fingerprint density at radius 1 is 1.44 bits per heavy atom. The van der Waals surface area contributed by atoms with Gasteiger partial charge in [-0.1, -0.05) is 0 Å². The molecule has 2 N–H and O–H groups in total. The zero-order chi connectivity index (χ0) is 17.8. The summed E-state index contributed by atoms with van der Waals surface area (Å²) in [6, 6.07) is -0.0784.